The Hall–Kier alpha value is -2.98. The number of hydrogen-bond donors (Lipinski definition) is 1. The van der Waals surface area contributed by atoms with Crippen LogP contribution in [0.3, 0.4) is 0 Å². The van der Waals surface area contributed by atoms with Crippen LogP contribution in [0.4, 0.5) is 11.6 Å². The predicted octanol–water partition coefficient (Wildman–Crippen LogP) is 5.71. The Morgan fingerprint density at radius 1 is 0.769 bits per heavy atom. The van der Waals surface area contributed by atoms with Gasteiger partial charge < -0.3 is 5.32 Å². The smallest absolute Gasteiger partial charge is 0.247 e. The number of aromatic nitrogens is 3. The minimum absolute atomic E-state index is 0.481. The number of benzene rings is 3. The molecule has 1 N–H and O–H groups in total. The molecule has 26 heavy (non-hydrogen) atoms. The molecule has 4 rings (SSSR count). The van der Waals surface area contributed by atoms with E-state index >= 15 is 0 Å². The van der Waals surface area contributed by atoms with Gasteiger partial charge in [-0.15, -0.1) is 10.2 Å². The fourth-order valence-electron chi connectivity index (χ4n) is 2.97. The number of aryl methyl sites for hydroxylation is 2. The monoisotopic (exact) mass is 360 g/mol. The average molecular weight is 361 g/mol. The molecule has 0 aliphatic rings. The zero-order valence-electron chi connectivity index (χ0n) is 14.5. The van der Waals surface area contributed by atoms with Gasteiger partial charge in [0.15, 0.2) is 0 Å². The molecule has 128 valence electrons. The van der Waals surface area contributed by atoms with Crippen LogP contribution in [0.15, 0.2) is 60.7 Å². The lowest BCUT2D eigenvalue weighted by Gasteiger charge is -2.11. The molecule has 0 saturated carbocycles. The van der Waals surface area contributed by atoms with Crippen molar-refractivity contribution >= 4 is 34.3 Å². The van der Waals surface area contributed by atoms with Gasteiger partial charge in [-0.3, -0.25) is 0 Å². The fraction of sp³-hybridized carbons (Fsp3) is 0.0952. The number of hydrogen-bond acceptors (Lipinski definition) is 4. The summed E-state index contributed by atoms with van der Waals surface area (Å²) in [4.78, 5) is 4.60. The molecule has 0 amide bonds. The molecular weight excluding hydrogens is 344 g/mol. The Morgan fingerprint density at radius 2 is 1.54 bits per heavy atom. The van der Waals surface area contributed by atoms with Crippen molar-refractivity contribution in [3.63, 3.8) is 0 Å². The molecule has 4 nitrogen and oxygen atoms in total. The van der Waals surface area contributed by atoms with Crippen LogP contribution >= 0.6 is 11.6 Å². The second kappa shape index (κ2) is 6.73. The van der Waals surface area contributed by atoms with Crippen LogP contribution in [-0.2, 0) is 0 Å². The average Bonchev–Trinajstić information content (AvgIpc) is 2.64. The van der Waals surface area contributed by atoms with E-state index in [1.54, 1.807) is 0 Å². The third-order valence-electron chi connectivity index (χ3n) is 4.32. The summed E-state index contributed by atoms with van der Waals surface area (Å²) < 4.78 is 0. The first-order valence-corrected chi connectivity index (χ1v) is 8.71. The number of halogens is 1. The van der Waals surface area contributed by atoms with Crippen molar-refractivity contribution in [2.24, 2.45) is 0 Å². The number of fused-ring (bicyclic) bond motifs is 1. The maximum Gasteiger partial charge on any atom is 0.247 e. The lowest BCUT2D eigenvalue weighted by molar-refractivity contribution is 1.03. The van der Waals surface area contributed by atoms with Gasteiger partial charge in [-0.1, -0.05) is 35.9 Å². The first-order chi connectivity index (χ1) is 12.6. The van der Waals surface area contributed by atoms with E-state index in [9.17, 15) is 0 Å². The van der Waals surface area contributed by atoms with Gasteiger partial charge >= 0.3 is 0 Å². The summed E-state index contributed by atoms with van der Waals surface area (Å²) >= 11 is 6.19. The molecule has 5 heteroatoms. The van der Waals surface area contributed by atoms with Crippen LogP contribution in [-0.4, -0.2) is 15.2 Å². The van der Waals surface area contributed by atoms with E-state index < -0.39 is 0 Å². The molecule has 1 heterocycles. The molecule has 3 aromatic carbocycles. The van der Waals surface area contributed by atoms with Gasteiger partial charge in [-0.2, -0.15) is 0 Å². The van der Waals surface area contributed by atoms with Crippen molar-refractivity contribution in [2.45, 2.75) is 13.8 Å². The molecular formula is C21H17ClN4. The predicted molar refractivity (Wildman–Crippen MR) is 107 cm³/mol. The molecule has 4 aromatic rings. The van der Waals surface area contributed by atoms with E-state index in [-0.39, 0.29) is 0 Å². The summed E-state index contributed by atoms with van der Waals surface area (Å²) in [6.07, 6.45) is 0. The topological polar surface area (TPSA) is 50.7 Å². The summed E-state index contributed by atoms with van der Waals surface area (Å²) in [6, 6.07) is 19.8. The van der Waals surface area contributed by atoms with Gasteiger partial charge in [-0.05, 0) is 72.5 Å². The van der Waals surface area contributed by atoms with Crippen molar-refractivity contribution in [1.82, 2.24) is 15.2 Å². The van der Waals surface area contributed by atoms with Crippen LogP contribution in [0.5, 0.6) is 0 Å². The molecule has 0 aliphatic heterocycles. The zero-order valence-corrected chi connectivity index (χ0v) is 15.2. The Kier molecular flexibility index (Phi) is 4.27. The molecule has 0 bridgehead atoms. The van der Waals surface area contributed by atoms with Gasteiger partial charge in [0.25, 0.3) is 0 Å². The normalized spacial score (nSPS) is 10.9. The van der Waals surface area contributed by atoms with E-state index in [2.05, 4.69) is 34.3 Å². The van der Waals surface area contributed by atoms with Gasteiger partial charge in [0.05, 0.1) is 5.52 Å². The fourth-order valence-corrected chi connectivity index (χ4v) is 3.14. The van der Waals surface area contributed by atoms with E-state index in [1.807, 2.05) is 60.7 Å². The van der Waals surface area contributed by atoms with Gasteiger partial charge in [0.2, 0.25) is 5.95 Å². The standard InChI is InChI=1S/C21H17ClN4/c1-13-8-9-15(22)11-17(13)18-12-20-19(10-14(18)2)24-21(26-25-20)23-16-6-4-3-5-7-16/h3-12H,1-2H3,(H,23,24,26). The van der Waals surface area contributed by atoms with E-state index in [1.165, 1.54) is 5.56 Å². The van der Waals surface area contributed by atoms with Gasteiger partial charge in [0.1, 0.15) is 5.52 Å². The van der Waals surface area contributed by atoms with Gasteiger partial charge in [0, 0.05) is 10.7 Å². The Balaban J connectivity index is 1.76. The second-order valence-electron chi connectivity index (χ2n) is 6.24. The SMILES string of the molecule is Cc1ccc(Cl)cc1-c1cc2nnc(Nc3ccccc3)nc2cc1C. The number of para-hydroxylation sites is 1. The molecule has 0 radical (unpaired) electrons. The van der Waals surface area contributed by atoms with Crippen molar-refractivity contribution in [2.75, 3.05) is 5.32 Å². The number of nitrogens with one attached hydrogen (secondary N) is 1. The van der Waals surface area contributed by atoms with Crippen molar-refractivity contribution in [1.29, 1.82) is 0 Å². The summed E-state index contributed by atoms with van der Waals surface area (Å²) in [5.41, 5.74) is 6.97. The number of anilines is 2. The Labute approximate surface area is 156 Å². The van der Waals surface area contributed by atoms with Crippen LogP contribution in [0.2, 0.25) is 5.02 Å². The molecule has 0 unspecified atom stereocenters. The third-order valence-corrected chi connectivity index (χ3v) is 4.56. The number of rotatable bonds is 3. The second-order valence-corrected chi connectivity index (χ2v) is 6.68. The summed E-state index contributed by atoms with van der Waals surface area (Å²) in [5.74, 6) is 0.481. The summed E-state index contributed by atoms with van der Waals surface area (Å²) in [7, 11) is 0. The lowest BCUT2D eigenvalue weighted by Crippen LogP contribution is -2.00. The molecule has 1 aromatic heterocycles. The van der Waals surface area contributed by atoms with E-state index in [0.717, 1.165) is 38.4 Å². The van der Waals surface area contributed by atoms with Crippen LogP contribution in [0, 0.1) is 13.8 Å². The highest BCUT2D eigenvalue weighted by Crippen LogP contribution is 2.31. The lowest BCUT2D eigenvalue weighted by atomic mass is 9.96. The zero-order chi connectivity index (χ0) is 18.1. The van der Waals surface area contributed by atoms with Crippen LogP contribution in [0.1, 0.15) is 11.1 Å². The molecule has 0 saturated heterocycles. The quantitative estimate of drug-likeness (QED) is 0.508. The molecule has 0 atom stereocenters. The van der Waals surface area contributed by atoms with Gasteiger partial charge in [-0.25, -0.2) is 4.98 Å². The maximum atomic E-state index is 6.19. The molecule has 0 fully saturated rings. The van der Waals surface area contributed by atoms with E-state index in [0.29, 0.717) is 5.95 Å². The largest absolute Gasteiger partial charge is 0.323 e. The summed E-state index contributed by atoms with van der Waals surface area (Å²) in [6.45, 7) is 4.15. The summed E-state index contributed by atoms with van der Waals surface area (Å²) in [5, 5.41) is 12.5. The van der Waals surface area contributed by atoms with Crippen LogP contribution in [0.25, 0.3) is 22.2 Å². The molecule has 0 spiro atoms. The highest BCUT2D eigenvalue weighted by molar-refractivity contribution is 6.30. The van der Waals surface area contributed by atoms with Crippen molar-refractivity contribution < 1.29 is 0 Å². The van der Waals surface area contributed by atoms with Crippen molar-refractivity contribution in [3.8, 4) is 11.1 Å². The first-order valence-electron chi connectivity index (χ1n) is 8.34. The van der Waals surface area contributed by atoms with Crippen molar-refractivity contribution in [3.05, 3.63) is 76.8 Å². The third kappa shape index (κ3) is 3.24. The molecule has 0 aliphatic carbocycles. The minimum atomic E-state index is 0.481. The highest BCUT2D eigenvalue weighted by atomic mass is 35.5. The van der Waals surface area contributed by atoms with E-state index in [4.69, 9.17) is 11.6 Å². The highest BCUT2D eigenvalue weighted by Gasteiger charge is 2.10. The van der Waals surface area contributed by atoms with Crippen LogP contribution < -0.4 is 5.32 Å². The Bertz CT molecular complexity index is 1090. The first kappa shape index (κ1) is 16.5. The number of nitrogens with zero attached hydrogens (tertiary/aromatic N) is 3. The minimum Gasteiger partial charge on any atom is -0.323 e. The Morgan fingerprint density at radius 3 is 2.35 bits per heavy atom. The maximum absolute atomic E-state index is 6.19.